The van der Waals surface area contributed by atoms with Crippen LogP contribution < -0.4 is 15.4 Å². The zero-order chi connectivity index (χ0) is 20.1. The number of aliphatic hydroxyl groups excluding tert-OH is 1. The summed E-state index contributed by atoms with van der Waals surface area (Å²) in [5.41, 5.74) is 1.29. The summed E-state index contributed by atoms with van der Waals surface area (Å²) in [6, 6.07) is 11.3. The van der Waals surface area contributed by atoms with Gasteiger partial charge in [-0.2, -0.15) is 0 Å². The summed E-state index contributed by atoms with van der Waals surface area (Å²) in [7, 11) is 1.57. The summed E-state index contributed by atoms with van der Waals surface area (Å²) >= 11 is 0. The quantitative estimate of drug-likeness (QED) is 0.707. The molecule has 3 N–H and O–H groups in total. The van der Waals surface area contributed by atoms with Crippen molar-refractivity contribution in [1.82, 2.24) is 10.2 Å². The van der Waals surface area contributed by atoms with E-state index in [4.69, 9.17) is 4.74 Å². The van der Waals surface area contributed by atoms with E-state index < -0.39 is 17.9 Å². The van der Waals surface area contributed by atoms with Crippen LogP contribution in [0.4, 0.5) is 14.9 Å². The number of halogens is 1. The Morgan fingerprint density at radius 1 is 1.21 bits per heavy atom. The van der Waals surface area contributed by atoms with E-state index in [0.717, 1.165) is 5.56 Å². The lowest BCUT2D eigenvalue weighted by atomic mass is 9.94. The number of urea groups is 1. The monoisotopic (exact) mass is 387 g/mol. The minimum atomic E-state index is -0.777. The van der Waals surface area contributed by atoms with Gasteiger partial charge in [0.15, 0.2) is 0 Å². The van der Waals surface area contributed by atoms with Crippen molar-refractivity contribution in [2.24, 2.45) is 0 Å². The highest BCUT2D eigenvalue weighted by atomic mass is 19.1. The number of anilines is 1. The average Bonchev–Trinajstić information content (AvgIpc) is 3.00. The third-order valence-electron chi connectivity index (χ3n) is 4.70. The number of ether oxygens (including phenoxy) is 1. The summed E-state index contributed by atoms with van der Waals surface area (Å²) < 4.78 is 18.2. The lowest BCUT2D eigenvalue weighted by Gasteiger charge is -2.19. The normalized spacial score (nSPS) is 18.8. The molecule has 2 aromatic rings. The summed E-state index contributed by atoms with van der Waals surface area (Å²) in [6.45, 7) is 0.423. The van der Waals surface area contributed by atoms with Crippen LogP contribution in [0.5, 0.6) is 5.75 Å². The third kappa shape index (κ3) is 4.40. The molecule has 7 nitrogen and oxygen atoms in total. The maximum atomic E-state index is 13.0. The number of amides is 3. The van der Waals surface area contributed by atoms with Crippen molar-refractivity contribution in [3.8, 4) is 5.75 Å². The number of nitrogens with zero attached hydrogens (tertiary/aromatic N) is 1. The molecular weight excluding hydrogens is 365 g/mol. The second-order valence-electron chi connectivity index (χ2n) is 6.47. The summed E-state index contributed by atoms with van der Waals surface area (Å²) in [4.78, 5) is 26.6. The summed E-state index contributed by atoms with van der Waals surface area (Å²) in [5, 5.41) is 14.5. The number of aliphatic hydroxyl groups is 1. The number of benzene rings is 2. The number of rotatable bonds is 6. The fourth-order valence-electron chi connectivity index (χ4n) is 3.28. The Labute approximate surface area is 162 Å². The molecule has 28 heavy (non-hydrogen) atoms. The molecule has 0 bridgehead atoms. The molecule has 0 saturated carbocycles. The fraction of sp³-hybridized carbons (Fsp3) is 0.300. The van der Waals surface area contributed by atoms with Crippen LogP contribution in [0.1, 0.15) is 11.5 Å². The fourth-order valence-corrected chi connectivity index (χ4v) is 3.28. The van der Waals surface area contributed by atoms with Crippen molar-refractivity contribution in [1.29, 1.82) is 0 Å². The first-order chi connectivity index (χ1) is 13.5. The second-order valence-corrected chi connectivity index (χ2v) is 6.47. The number of β-amino-alcohol motifs (C(OH)–C–C–N with tert-alkyl or cyclic N) is 1. The molecule has 0 aromatic heterocycles. The molecule has 3 amide bonds. The van der Waals surface area contributed by atoms with Gasteiger partial charge in [0.2, 0.25) is 5.91 Å². The van der Waals surface area contributed by atoms with Crippen LogP contribution in [0.3, 0.4) is 0 Å². The zero-order valence-corrected chi connectivity index (χ0v) is 15.4. The number of carbonyl (C=O) groups is 2. The first-order valence-electron chi connectivity index (χ1n) is 8.88. The standard InChI is InChI=1S/C20H22FN3O4/c1-28-16-8-2-13(3-9-16)17-12-24(10-11-25)19(26)18(17)23-20(27)22-15-6-4-14(21)5-7-15/h2-9,17-18,25H,10-12H2,1H3,(H2,22,23,27)/t17-,18+/m0/s1. The Bertz CT molecular complexity index is 826. The van der Waals surface area contributed by atoms with Crippen LogP contribution in [0.15, 0.2) is 48.5 Å². The molecule has 0 unspecified atom stereocenters. The largest absolute Gasteiger partial charge is 0.497 e. The van der Waals surface area contributed by atoms with Gasteiger partial charge in [-0.05, 0) is 42.0 Å². The highest BCUT2D eigenvalue weighted by Gasteiger charge is 2.41. The minimum absolute atomic E-state index is 0.157. The van der Waals surface area contributed by atoms with E-state index in [1.54, 1.807) is 19.2 Å². The lowest BCUT2D eigenvalue weighted by molar-refractivity contribution is -0.129. The van der Waals surface area contributed by atoms with E-state index in [2.05, 4.69) is 10.6 Å². The van der Waals surface area contributed by atoms with Crippen molar-refractivity contribution in [3.63, 3.8) is 0 Å². The highest BCUT2D eigenvalue weighted by molar-refractivity contribution is 5.95. The van der Waals surface area contributed by atoms with Gasteiger partial charge in [-0.3, -0.25) is 4.79 Å². The van der Waals surface area contributed by atoms with Gasteiger partial charge in [-0.15, -0.1) is 0 Å². The molecule has 1 aliphatic rings. The minimum Gasteiger partial charge on any atom is -0.497 e. The maximum absolute atomic E-state index is 13.0. The molecule has 148 valence electrons. The topological polar surface area (TPSA) is 90.9 Å². The van der Waals surface area contributed by atoms with Crippen molar-refractivity contribution >= 4 is 17.6 Å². The molecule has 2 aromatic carbocycles. The van der Waals surface area contributed by atoms with Gasteiger partial charge in [0, 0.05) is 24.7 Å². The average molecular weight is 387 g/mol. The summed E-state index contributed by atoms with van der Waals surface area (Å²) in [6.07, 6.45) is 0. The van der Waals surface area contributed by atoms with Gasteiger partial charge < -0.3 is 25.4 Å². The molecule has 3 rings (SSSR count). The Kier molecular flexibility index (Phi) is 6.10. The van der Waals surface area contributed by atoms with E-state index in [-0.39, 0.29) is 25.0 Å². The molecule has 1 heterocycles. The van der Waals surface area contributed by atoms with Gasteiger partial charge in [0.1, 0.15) is 17.6 Å². The van der Waals surface area contributed by atoms with Gasteiger partial charge in [0.25, 0.3) is 0 Å². The van der Waals surface area contributed by atoms with Gasteiger partial charge in [0.05, 0.1) is 13.7 Å². The maximum Gasteiger partial charge on any atom is 0.319 e. The van der Waals surface area contributed by atoms with Crippen molar-refractivity contribution in [2.45, 2.75) is 12.0 Å². The number of hydrogen-bond acceptors (Lipinski definition) is 4. The van der Waals surface area contributed by atoms with Gasteiger partial charge in [-0.25, -0.2) is 9.18 Å². The van der Waals surface area contributed by atoms with Crippen LogP contribution in [-0.2, 0) is 4.79 Å². The Morgan fingerprint density at radius 3 is 2.50 bits per heavy atom. The van der Waals surface area contributed by atoms with Crippen molar-refractivity contribution in [2.75, 3.05) is 32.1 Å². The molecular formula is C20H22FN3O4. The van der Waals surface area contributed by atoms with Crippen LogP contribution in [0.2, 0.25) is 0 Å². The number of likely N-dealkylation sites (tertiary alicyclic amines) is 1. The van der Waals surface area contributed by atoms with Gasteiger partial charge in [-0.1, -0.05) is 12.1 Å². The Balaban J connectivity index is 1.76. The van der Waals surface area contributed by atoms with Crippen LogP contribution in [0.25, 0.3) is 0 Å². The molecule has 1 saturated heterocycles. The summed E-state index contributed by atoms with van der Waals surface area (Å²) in [5.74, 6) is -0.247. The zero-order valence-electron chi connectivity index (χ0n) is 15.4. The lowest BCUT2D eigenvalue weighted by Crippen LogP contribution is -2.45. The van der Waals surface area contributed by atoms with Crippen LogP contribution >= 0.6 is 0 Å². The molecule has 8 heteroatoms. The second kappa shape index (κ2) is 8.71. The molecule has 2 atom stereocenters. The first-order valence-corrected chi connectivity index (χ1v) is 8.88. The number of carbonyl (C=O) groups excluding carboxylic acids is 2. The molecule has 0 aliphatic carbocycles. The highest BCUT2D eigenvalue weighted by Crippen LogP contribution is 2.30. The first kappa shape index (κ1) is 19.6. The molecule has 1 aliphatic heterocycles. The van der Waals surface area contributed by atoms with E-state index in [1.807, 2.05) is 12.1 Å². The Hall–Kier alpha value is -3.13. The van der Waals surface area contributed by atoms with E-state index in [1.165, 1.54) is 29.2 Å². The van der Waals surface area contributed by atoms with E-state index >= 15 is 0 Å². The number of methoxy groups -OCH3 is 1. The predicted octanol–water partition coefficient (Wildman–Crippen LogP) is 1.94. The molecule has 0 spiro atoms. The predicted molar refractivity (Wildman–Crippen MR) is 102 cm³/mol. The molecule has 0 radical (unpaired) electrons. The van der Waals surface area contributed by atoms with Crippen LogP contribution in [-0.4, -0.2) is 54.8 Å². The van der Waals surface area contributed by atoms with Crippen LogP contribution in [0, 0.1) is 5.82 Å². The number of hydrogen-bond donors (Lipinski definition) is 3. The van der Waals surface area contributed by atoms with Crippen molar-refractivity contribution < 1.29 is 23.8 Å². The smallest absolute Gasteiger partial charge is 0.319 e. The third-order valence-corrected chi connectivity index (χ3v) is 4.70. The Morgan fingerprint density at radius 2 is 1.89 bits per heavy atom. The van der Waals surface area contributed by atoms with E-state index in [9.17, 15) is 19.1 Å². The molecule has 1 fully saturated rings. The number of nitrogens with one attached hydrogen (secondary N) is 2. The van der Waals surface area contributed by atoms with Crippen molar-refractivity contribution in [3.05, 3.63) is 59.9 Å². The SMILES string of the molecule is COc1ccc([C@@H]2CN(CCO)C(=O)[C@@H]2NC(=O)Nc2ccc(F)cc2)cc1. The van der Waals surface area contributed by atoms with E-state index in [0.29, 0.717) is 18.0 Å². The van der Waals surface area contributed by atoms with Gasteiger partial charge >= 0.3 is 6.03 Å².